The largest absolute Gasteiger partial charge is 0.462 e. The molecule has 6 nitrogen and oxygen atoms in total. The maximum atomic E-state index is 11.6. The minimum Gasteiger partial charge on any atom is -0.462 e. The molecule has 6 heteroatoms. The fraction of sp³-hybridized carbons (Fsp3) is 0.783. The van der Waals surface area contributed by atoms with Gasteiger partial charge in [0.15, 0.2) is 0 Å². The lowest BCUT2D eigenvalue weighted by atomic mass is 9.47. The van der Waals surface area contributed by atoms with Crippen LogP contribution in [-0.4, -0.2) is 35.1 Å². The average molecular weight is 404 g/mol. The van der Waals surface area contributed by atoms with Crippen molar-refractivity contribution in [3.05, 3.63) is 11.6 Å². The Morgan fingerprint density at radius 2 is 1.76 bits per heavy atom. The van der Waals surface area contributed by atoms with Crippen LogP contribution in [0.25, 0.3) is 0 Å². The van der Waals surface area contributed by atoms with Gasteiger partial charge in [-0.05, 0) is 61.9 Å². The molecule has 160 valence electrons. The number of hydrogen-bond donors (Lipinski definition) is 1. The van der Waals surface area contributed by atoms with Gasteiger partial charge < -0.3 is 14.7 Å². The third-order valence-electron chi connectivity index (χ3n) is 8.59. The minimum atomic E-state index is -0.236. The van der Waals surface area contributed by atoms with Crippen molar-refractivity contribution < 1.29 is 24.3 Å². The third-order valence-corrected chi connectivity index (χ3v) is 8.59. The summed E-state index contributed by atoms with van der Waals surface area (Å²) in [6, 6.07) is 0. The molecule has 4 rings (SSSR count). The highest BCUT2D eigenvalue weighted by atomic mass is 16.5. The smallest absolute Gasteiger partial charge is 0.302 e. The van der Waals surface area contributed by atoms with Crippen LogP contribution in [0.4, 0.5) is 0 Å². The van der Waals surface area contributed by atoms with E-state index in [0.717, 1.165) is 50.7 Å². The summed E-state index contributed by atoms with van der Waals surface area (Å²) in [7, 11) is 0. The number of fused-ring (bicyclic) bond motifs is 5. The van der Waals surface area contributed by atoms with E-state index in [0.29, 0.717) is 11.8 Å². The molecule has 1 N–H and O–H groups in total. The van der Waals surface area contributed by atoms with E-state index in [2.05, 4.69) is 25.1 Å². The molecule has 0 amide bonds. The van der Waals surface area contributed by atoms with Gasteiger partial charge in [-0.15, -0.1) is 0 Å². The maximum absolute atomic E-state index is 11.6. The predicted molar refractivity (Wildman–Crippen MR) is 107 cm³/mol. The van der Waals surface area contributed by atoms with Crippen molar-refractivity contribution >= 4 is 17.7 Å². The topological polar surface area (TPSA) is 85.2 Å². The SMILES string of the molecule is CC(=O)O[C@H]1CC[C@@]2(C)C(=C/C(=N/O)C3C2CC[C@@]2(C)C3CC[C@@H]2OC(C)=O)C1. The molecule has 4 aliphatic rings. The molecule has 0 aromatic rings. The molecule has 3 saturated carbocycles. The lowest BCUT2D eigenvalue weighted by Gasteiger charge is -2.57. The van der Waals surface area contributed by atoms with Crippen molar-refractivity contribution in [2.45, 2.75) is 84.8 Å². The molecule has 0 aromatic heterocycles. The Labute approximate surface area is 172 Å². The van der Waals surface area contributed by atoms with E-state index in [9.17, 15) is 14.8 Å². The maximum Gasteiger partial charge on any atom is 0.302 e. The van der Waals surface area contributed by atoms with Gasteiger partial charge in [0.05, 0.1) is 5.71 Å². The molecule has 7 atom stereocenters. The Morgan fingerprint density at radius 3 is 2.41 bits per heavy atom. The van der Waals surface area contributed by atoms with Gasteiger partial charge >= 0.3 is 11.9 Å². The molecule has 29 heavy (non-hydrogen) atoms. The van der Waals surface area contributed by atoms with Gasteiger partial charge in [-0.25, -0.2) is 0 Å². The van der Waals surface area contributed by atoms with E-state index in [1.807, 2.05) is 0 Å². The normalized spacial score (nSPS) is 44.9. The van der Waals surface area contributed by atoms with Crippen molar-refractivity contribution in [3.63, 3.8) is 0 Å². The van der Waals surface area contributed by atoms with Crippen LogP contribution < -0.4 is 0 Å². The Bertz CT molecular complexity index is 773. The first-order valence-corrected chi connectivity index (χ1v) is 11.0. The quantitative estimate of drug-likeness (QED) is 0.423. The highest BCUT2D eigenvalue weighted by Crippen LogP contribution is 2.64. The van der Waals surface area contributed by atoms with Gasteiger partial charge in [-0.3, -0.25) is 9.59 Å². The Kier molecular flexibility index (Phi) is 5.02. The molecule has 0 radical (unpaired) electrons. The summed E-state index contributed by atoms with van der Waals surface area (Å²) in [5.41, 5.74) is 1.98. The van der Waals surface area contributed by atoms with E-state index < -0.39 is 0 Å². The standard InChI is InChI=1S/C23H33NO5/c1-13(25)28-16-7-9-22(3)15(11-16)12-19(24-27)21-17-5-6-20(29-14(2)26)23(17,4)10-8-18(21)22/h12,16-18,20-21,27H,5-11H2,1-4H3/b24-19-/t16-,17?,18?,20-,21?,22-,23-/m0/s1. The van der Waals surface area contributed by atoms with E-state index in [-0.39, 0.29) is 40.9 Å². The number of hydrogen-bond acceptors (Lipinski definition) is 6. The van der Waals surface area contributed by atoms with Gasteiger partial charge in [0.25, 0.3) is 0 Å². The van der Waals surface area contributed by atoms with Crippen LogP contribution >= 0.6 is 0 Å². The molecular formula is C23H33NO5. The molecule has 0 aromatic carbocycles. The second-order valence-corrected chi connectivity index (χ2v) is 10.0. The number of esters is 2. The lowest BCUT2D eigenvalue weighted by molar-refractivity contribution is -0.155. The number of nitrogens with zero attached hydrogens (tertiary/aromatic N) is 1. The molecule has 0 saturated heterocycles. The fourth-order valence-electron chi connectivity index (χ4n) is 7.17. The van der Waals surface area contributed by atoms with Crippen LogP contribution in [0, 0.1) is 28.6 Å². The summed E-state index contributed by atoms with van der Waals surface area (Å²) in [4.78, 5) is 23.1. The zero-order valence-electron chi connectivity index (χ0n) is 17.9. The minimum absolute atomic E-state index is 0.0381. The highest BCUT2D eigenvalue weighted by Gasteiger charge is 2.61. The first kappa shape index (κ1) is 20.4. The molecule has 0 bridgehead atoms. The van der Waals surface area contributed by atoms with E-state index in [1.54, 1.807) is 0 Å². The van der Waals surface area contributed by atoms with Crippen molar-refractivity contribution in [2.75, 3.05) is 0 Å². The van der Waals surface area contributed by atoms with Gasteiger partial charge in [0, 0.05) is 31.6 Å². The second-order valence-electron chi connectivity index (χ2n) is 10.0. The van der Waals surface area contributed by atoms with Crippen molar-refractivity contribution in [3.8, 4) is 0 Å². The summed E-state index contributed by atoms with van der Waals surface area (Å²) in [6.07, 6.45) is 8.42. The van der Waals surface area contributed by atoms with E-state index in [1.165, 1.54) is 19.4 Å². The molecule has 0 aliphatic heterocycles. The van der Waals surface area contributed by atoms with Crippen LogP contribution in [0.5, 0.6) is 0 Å². The number of rotatable bonds is 2. The molecular weight excluding hydrogens is 370 g/mol. The van der Waals surface area contributed by atoms with Crippen molar-refractivity contribution in [2.24, 2.45) is 33.7 Å². The number of carbonyl (C=O) groups is 2. The van der Waals surface area contributed by atoms with Crippen LogP contribution in [0.1, 0.15) is 72.6 Å². The molecule has 0 heterocycles. The van der Waals surface area contributed by atoms with Gasteiger partial charge in [-0.2, -0.15) is 0 Å². The molecule has 3 unspecified atom stereocenters. The van der Waals surface area contributed by atoms with Gasteiger partial charge in [0.1, 0.15) is 12.2 Å². The van der Waals surface area contributed by atoms with Gasteiger partial charge in [0.2, 0.25) is 0 Å². The number of oxime groups is 1. The van der Waals surface area contributed by atoms with Crippen molar-refractivity contribution in [1.29, 1.82) is 0 Å². The summed E-state index contributed by atoms with van der Waals surface area (Å²) in [6.45, 7) is 7.54. The van der Waals surface area contributed by atoms with E-state index in [4.69, 9.17) is 9.47 Å². The number of ether oxygens (including phenoxy) is 2. The first-order chi connectivity index (χ1) is 13.7. The van der Waals surface area contributed by atoms with E-state index >= 15 is 0 Å². The zero-order chi connectivity index (χ0) is 21.0. The fourth-order valence-corrected chi connectivity index (χ4v) is 7.17. The summed E-state index contributed by atoms with van der Waals surface area (Å²) >= 11 is 0. The molecule has 3 fully saturated rings. The first-order valence-electron chi connectivity index (χ1n) is 11.0. The van der Waals surface area contributed by atoms with Gasteiger partial charge in [-0.1, -0.05) is 24.6 Å². The summed E-state index contributed by atoms with van der Waals surface area (Å²) in [5, 5.41) is 13.6. The van der Waals surface area contributed by atoms with Crippen LogP contribution in [0.2, 0.25) is 0 Å². The van der Waals surface area contributed by atoms with Crippen LogP contribution in [0.15, 0.2) is 16.8 Å². The van der Waals surface area contributed by atoms with Crippen LogP contribution in [0.3, 0.4) is 0 Å². The summed E-state index contributed by atoms with van der Waals surface area (Å²) < 4.78 is 11.2. The Balaban J connectivity index is 1.66. The number of allylic oxidation sites excluding steroid dienone is 1. The van der Waals surface area contributed by atoms with Crippen molar-refractivity contribution in [1.82, 2.24) is 0 Å². The molecule has 0 spiro atoms. The Hall–Kier alpha value is -1.85. The summed E-state index contributed by atoms with van der Waals surface area (Å²) in [5.74, 6) is 0.480. The molecule has 4 aliphatic carbocycles. The zero-order valence-corrected chi connectivity index (χ0v) is 17.9. The third kappa shape index (κ3) is 3.19. The number of carbonyl (C=O) groups excluding carboxylic acids is 2. The Morgan fingerprint density at radius 1 is 1.03 bits per heavy atom. The highest BCUT2D eigenvalue weighted by molar-refractivity contribution is 5.99. The monoisotopic (exact) mass is 403 g/mol. The average Bonchev–Trinajstić information content (AvgIpc) is 2.97. The lowest BCUT2D eigenvalue weighted by Crippen LogP contribution is -2.54. The van der Waals surface area contributed by atoms with Crippen LogP contribution in [-0.2, 0) is 19.1 Å². The second kappa shape index (κ2) is 7.13. The predicted octanol–water partition coefficient (Wildman–Crippen LogP) is 4.25.